The summed E-state index contributed by atoms with van der Waals surface area (Å²) in [6, 6.07) is 4.81. The Morgan fingerprint density at radius 1 is 1.17 bits per heavy atom. The Labute approximate surface area is 136 Å². The Balaban J connectivity index is 2.65. The van der Waals surface area contributed by atoms with Gasteiger partial charge in [-0.05, 0) is 31.5 Å². The van der Waals surface area contributed by atoms with Crippen LogP contribution in [0.25, 0.3) is 0 Å². The summed E-state index contributed by atoms with van der Waals surface area (Å²) in [4.78, 5) is 23.6. The number of hydrazone groups is 1. The molecule has 0 aliphatic rings. The van der Waals surface area contributed by atoms with E-state index in [9.17, 15) is 9.59 Å². The summed E-state index contributed by atoms with van der Waals surface area (Å²) in [6.45, 7) is 4.29. The first-order valence-corrected chi connectivity index (χ1v) is 7.34. The van der Waals surface area contributed by atoms with Crippen molar-refractivity contribution in [3.63, 3.8) is 0 Å². The van der Waals surface area contributed by atoms with Crippen LogP contribution in [0.2, 0.25) is 0 Å². The molecule has 0 saturated carbocycles. The first-order valence-electron chi connectivity index (χ1n) is 7.34. The highest BCUT2D eigenvalue weighted by molar-refractivity contribution is 6.01. The molecule has 0 fully saturated rings. The molecule has 0 atom stereocenters. The number of rotatable bonds is 8. The smallest absolute Gasteiger partial charge is 0.271 e. The number of hydrogen-bond acceptors (Lipinski definition) is 5. The van der Waals surface area contributed by atoms with Crippen molar-refractivity contribution in [2.45, 2.75) is 26.7 Å². The molecule has 1 aromatic carbocycles. The molecule has 7 heteroatoms. The minimum atomic E-state index is -0.390. The van der Waals surface area contributed by atoms with Crippen molar-refractivity contribution < 1.29 is 19.1 Å². The molecule has 1 aromatic rings. The van der Waals surface area contributed by atoms with Crippen LogP contribution in [0.5, 0.6) is 11.5 Å². The molecular formula is C16H23N3O4. The first kappa shape index (κ1) is 18.5. The van der Waals surface area contributed by atoms with E-state index < -0.39 is 0 Å². The lowest BCUT2D eigenvalue weighted by Gasteiger charge is -2.09. The van der Waals surface area contributed by atoms with Crippen molar-refractivity contribution >= 4 is 17.5 Å². The zero-order valence-corrected chi connectivity index (χ0v) is 13.9. The molecule has 0 aromatic heterocycles. The maximum atomic E-state index is 12.1. The van der Waals surface area contributed by atoms with Crippen LogP contribution in [-0.4, -0.2) is 38.3 Å². The average molecular weight is 321 g/mol. The Hall–Kier alpha value is -2.57. The number of benzene rings is 1. The number of carbonyl (C=O) groups is 2. The van der Waals surface area contributed by atoms with Crippen molar-refractivity contribution in [1.29, 1.82) is 0 Å². The summed E-state index contributed by atoms with van der Waals surface area (Å²) in [6.07, 6.45) is 1.02. The number of methoxy groups -OCH3 is 2. The molecule has 0 aliphatic heterocycles. The van der Waals surface area contributed by atoms with Gasteiger partial charge in [0.2, 0.25) is 5.91 Å². The van der Waals surface area contributed by atoms with E-state index in [0.717, 1.165) is 6.42 Å². The van der Waals surface area contributed by atoms with Gasteiger partial charge in [-0.2, -0.15) is 5.10 Å². The van der Waals surface area contributed by atoms with Crippen molar-refractivity contribution in [3.05, 3.63) is 23.8 Å². The molecular weight excluding hydrogens is 298 g/mol. The van der Waals surface area contributed by atoms with Crippen LogP contribution in [0.1, 0.15) is 37.0 Å². The van der Waals surface area contributed by atoms with Gasteiger partial charge in [0.25, 0.3) is 5.91 Å². The molecule has 2 N–H and O–H groups in total. The number of ether oxygens (including phenoxy) is 2. The van der Waals surface area contributed by atoms with Gasteiger partial charge in [-0.1, -0.05) is 6.92 Å². The van der Waals surface area contributed by atoms with Crippen molar-refractivity contribution in [2.75, 3.05) is 20.8 Å². The molecule has 1 rings (SSSR count). The molecule has 0 aliphatic carbocycles. The number of nitrogens with zero attached hydrogens (tertiary/aromatic N) is 1. The zero-order chi connectivity index (χ0) is 17.2. The summed E-state index contributed by atoms with van der Waals surface area (Å²) in [7, 11) is 3.02. The van der Waals surface area contributed by atoms with E-state index in [-0.39, 0.29) is 18.2 Å². The van der Waals surface area contributed by atoms with Gasteiger partial charge in [0.1, 0.15) is 0 Å². The number of amides is 2. The third-order valence-corrected chi connectivity index (χ3v) is 2.98. The molecule has 23 heavy (non-hydrogen) atoms. The topological polar surface area (TPSA) is 89.0 Å². The monoisotopic (exact) mass is 321 g/mol. The Bertz CT molecular complexity index is 585. The van der Waals surface area contributed by atoms with Crippen LogP contribution in [0.3, 0.4) is 0 Å². The fourth-order valence-corrected chi connectivity index (χ4v) is 1.79. The Morgan fingerprint density at radius 2 is 1.87 bits per heavy atom. The summed E-state index contributed by atoms with van der Waals surface area (Å²) in [5, 5.41) is 6.68. The van der Waals surface area contributed by atoms with Crippen LogP contribution >= 0.6 is 0 Å². The van der Waals surface area contributed by atoms with Crippen LogP contribution in [0, 0.1) is 0 Å². The summed E-state index contributed by atoms with van der Waals surface area (Å²) >= 11 is 0. The SMILES string of the molecule is CCCNC(=O)C/C(C)=N/NC(=O)c1ccc(OC)c(OC)c1. The van der Waals surface area contributed by atoms with E-state index in [4.69, 9.17) is 9.47 Å². The quantitative estimate of drug-likeness (QED) is 0.563. The van der Waals surface area contributed by atoms with Crippen molar-refractivity contribution in [2.24, 2.45) is 5.10 Å². The van der Waals surface area contributed by atoms with Gasteiger partial charge in [0.05, 0.1) is 20.6 Å². The number of nitrogens with one attached hydrogen (secondary N) is 2. The Morgan fingerprint density at radius 3 is 2.48 bits per heavy atom. The number of hydrogen-bond donors (Lipinski definition) is 2. The lowest BCUT2D eigenvalue weighted by molar-refractivity contribution is -0.119. The average Bonchev–Trinajstić information content (AvgIpc) is 2.57. The second-order valence-electron chi connectivity index (χ2n) is 4.88. The van der Waals surface area contributed by atoms with Gasteiger partial charge in [0.15, 0.2) is 11.5 Å². The first-order chi connectivity index (χ1) is 11.0. The highest BCUT2D eigenvalue weighted by Gasteiger charge is 2.10. The van der Waals surface area contributed by atoms with Crippen LogP contribution in [-0.2, 0) is 4.79 Å². The van der Waals surface area contributed by atoms with E-state index >= 15 is 0 Å². The molecule has 0 radical (unpaired) electrons. The maximum absolute atomic E-state index is 12.1. The minimum Gasteiger partial charge on any atom is -0.493 e. The van der Waals surface area contributed by atoms with Crippen molar-refractivity contribution in [1.82, 2.24) is 10.7 Å². The molecule has 0 unspecified atom stereocenters. The molecule has 0 bridgehead atoms. The molecule has 7 nitrogen and oxygen atoms in total. The highest BCUT2D eigenvalue weighted by Crippen LogP contribution is 2.27. The van der Waals surface area contributed by atoms with E-state index in [2.05, 4.69) is 15.8 Å². The normalized spacial score (nSPS) is 10.9. The predicted molar refractivity (Wildman–Crippen MR) is 88.0 cm³/mol. The standard InChI is InChI=1S/C16H23N3O4/c1-5-8-17-15(20)9-11(2)18-19-16(21)12-6-7-13(22-3)14(10-12)23-4/h6-7,10H,5,8-9H2,1-4H3,(H,17,20)(H,19,21)/b18-11+. The zero-order valence-electron chi connectivity index (χ0n) is 13.9. The predicted octanol–water partition coefficient (Wildman–Crippen LogP) is 1.73. The third-order valence-electron chi connectivity index (χ3n) is 2.98. The molecule has 126 valence electrons. The largest absolute Gasteiger partial charge is 0.493 e. The van der Waals surface area contributed by atoms with Gasteiger partial charge in [0, 0.05) is 17.8 Å². The van der Waals surface area contributed by atoms with E-state index in [1.165, 1.54) is 14.2 Å². The van der Waals surface area contributed by atoms with Crippen LogP contribution in [0.4, 0.5) is 0 Å². The maximum Gasteiger partial charge on any atom is 0.271 e. The third kappa shape index (κ3) is 5.98. The second-order valence-corrected chi connectivity index (χ2v) is 4.88. The lowest BCUT2D eigenvalue weighted by Crippen LogP contribution is -2.27. The number of carbonyl (C=O) groups excluding carboxylic acids is 2. The lowest BCUT2D eigenvalue weighted by atomic mass is 10.2. The van der Waals surface area contributed by atoms with E-state index in [1.807, 2.05) is 6.92 Å². The second kappa shape index (κ2) is 9.45. The molecule has 0 spiro atoms. The molecule has 2 amide bonds. The fraction of sp³-hybridized carbons (Fsp3) is 0.438. The molecule has 0 saturated heterocycles. The van der Waals surface area contributed by atoms with Gasteiger partial charge >= 0.3 is 0 Å². The fourth-order valence-electron chi connectivity index (χ4n) is 1.79. The minimum absolute atomic E-state index is 0.117. The highest BCUT2D eigenvalue weighted by atomic mass is 16.5. The molecule has 0 heterocycles. The van der Waals surface area contributed by atoms with Gasteiger partial charge in [-0.3, -0.25) is 9.59 Å². The van der Waals surface area contributed by atoms with Gasteiger partial charge < -0.3 is 14.8 Å². The van der Waals surface area contributed by atoms with E-state index in [1.54, 1.807) is 25.1 Å². The van der Waals surface area contributed by atoms with Crippen LogP contribution in [0.15, 0.2) is 23.3 Å². The van der Waals surface area contributed by atoms with Crippen molar-refractivity contribution in [3.8, 4) is 11.5 Å². The van der Waals surface area contributed by atoms with Gasteiger partial charge in [-0.25, -0.2) is 5.43 Å². The summed E-state index contributed by atoms with van der Waals surface area (Å²) in [5.74, 6) is 0.490. The van der Waals surface area contributed by atoms with Crippen LogP contribution < -0.4 is 20.2 Å². The summed E-state index contributed by atoms with van der Waals surface area (Å²) in [5.41, 5.74) is 3.33. The van der Waals surface area contributed by atoms with Gasteiger partial charge in [-0.15, -0.1) is 0 Å². The summed E-state index contributed by atoms with van der Waals surface area (Å²) < 4.78 is 10.3. The van der Waals surface area contributed by atoms with E-state index in [0.29, 0.717) is 29.3 Å². The Kier molecular flexibility index (Phi) is 7.59.